The summed E-state index contributed by atoms with van der Waals surface area (Å²) in [7, 11) is 0. The van der Waals surface area contributed by atoms with Gasteiger partial charge in [0, 0.05) is 13.1 Å². The molecule has 0 spiro atoms. The molecule has 1 fully saturated rings. The van der Waals surface area contributed by atoms with E-state index in [1.165, 1.54) is 17.3 Å². The fraction of sp³-hybridized carbons (Fsp3) is 0.455. The van der Waals surface area contributed by atoms with E-state index in [1.807, 2.05) is 6.92 Å². The fourth-order valence-electron chi connectivity index (χ4n) is 2.04. The molecule has 1 aromatic heterocycles. The van der Waals surface area contributed by atoms with E-state index in [-0.39, 0.29) is 29.2 Å². The van der Waals surface area contributed by atoms with Crippen LogP contribution in [-0.4, -0.2) is 44.9 Å². The van der Waals surface area contributed by atoms with Gasteiger partial charge in [-0.25, -0.2) is 9.97 Å². The number of aromatic nitrogens is 2. The van der Waals surface area contributed by atoms with Crippen LogP contribution in [0.1, 0.15) is 17.4 Å². The van der Waals surface area contributed by atoms with Crippen molar-refractivity contribution in [2.75, 3.05) is 13.1 Å². The summed E-state index contributed by atoms with van der Waals surface area (Å²) in [4.78, 5) is 32.2. The van der Waals surface area contributed by atoms with E-state index in [0.29, 0.717) is 6.54 Å². The van der Waals surface area contributed by atoms with E-state index in [0.717, 1.165) is 0 Å². The summed E-state index contributed by atoms with van der Waals surface area (Å²) in [5.74, 6) is -1.77. The number of carboxylic acid groups (broad SMARTS) is 1. The molecule has 1 aliphatic heterocycles. The van der Waals surface area contributed by atoms with Crippen LogP contribution in [0.4, 0.5) is 0 Å². The smallest absolute Gasteiger partial charge is 0.308 e. The SMILES string of the molecule is CC1CN(C(=O)c2cnc(Cl)cn2)CC1C(=O)O. The molecule has 1 saturated heterocycles. The lowest BCUT2D eigenvalue weighted by atomic mass is 9.99. The zero-order valence-electron chi connectivity index (χ0n) is 9.71. The maximum absolute atomic E-state index is 12.1. The number of aliphatic carboxylic acids is 1. The summed E-state index contributed by atoms with van der Waals surface area (Å²) in [5, 5.41) is 9.22. The van der Waals surface area contributed by atoms with Crippen molar-refractivity contribution in [1.29, 1.82) is 0 Å². The van der Waals surface area contributed by atoms with Gasteiger partial charge in [-0.05, 0) is 5.92 Å². The summed E-state index contributed by atoms with van der Waals surface area (Å²) in [6.07, 6.45) is 2.59. The van der Waals surface area contributed by atoms with Gasteiger partial charge in [0.1, 0.15) is 10.8 Å². The Kier molecular flexibility index (Phi) is 3.47. The van der Waals surface area contributed by atoms with Crippen molar-refractivity contribution in [3.8, 4) is 0 Å². The summed E-state index contributed by atoms with van der Waals surface area (Å²) in [5.41, 5.74) is 0.178. The highest BCUT2D eigenvalue weighted by Gasteiger charge is 2.37. The highest BCUT2D eigenvalue weighted by molar-refractivity contribution is 6.29. The van der Waals surface area contributed by atoms with Gasteiger partial charge in [-0.1, -0.05) is 18.5 Å². The summed E-state index contributed by atoms with van der Waals surface area (Å²) in [6.45, 7) is 2.44. The van der Waals surface area contributed by atoms with E-state index >= 15 is 0 Å². The van der Waals surface area contributed by atoms with E-state index < -0.39 is 11.9 Å². The minimum Gasteiger partial charge on any atom is -0.481 e. The van der Waals surface area contributed by atoms with Crippen LogP contribution in [-0.2, 0) is 4.79 Å². The molecular weight excluding hydrogens is 258 g/mol. The molecule has 1 aromatic rings. The van der Waals surface area contributed by atoms with Crippen LogP contribution in [0.3, 0.4) is 0 Å². The maximum Gasteiger partial charge on any atom is 0.308 e. The van der Waals surface area contributed by atoms with Crippen molar-refractivity contribution in [1.82, 2.24) is 14.9 Å². The number of nitrogens with zero attached hydrogens (tertiary/aromatic N) is 3. The third-order valence-corrected chi connectivity index (χ3v) is 3.25. The summed E-state index contributed by atoms with van der Waals surface area (Å²) in [6, 6.07) is 0. The van der Waals surface area contributed by atoms with Gasteiger partial charge in [-0.15, -0.1) is 0 Å². The summed E-state index contributed by atoms with van der Waals surface area (Å²) < 4.78 is 0. The van der Waals surface area contributed by atoms with Crippen LogP contribution in [0.15, 0.2) is 12.4 Å². The Morgan fingerprint density at radius 3 is 2.61 bits per heavy atom. The average Bonchev–Trinajstić information content (AvgIpc) is 2.71. The van der Waals surface area contributed by atoms with Crippen molar-refractivity contribution < 1.29 is 14.7 Å². The molecule has 2 unspecified atom stereocenters. The van der Waals surface area contributed by atoms with E-state index in [1.54, 1.807) is 0 Å². The number of carbonyl (C=O) groups is 2. The highest BCUT2D eigenvalue weighted by atomic mass is 35.5. The third kappa shape index (κ3) is 2.43. The Morgan fingerprint density at radius 1 is 1.39 bits per heavy atom. The van der Waals surface area contributed by atoms with E-state index in [9.17, 15) is 9.59 Å². The van der Waals surface area contributed by atoms with Crippen LogP contribution < -0.4 is 0 Å². The molecule has 0 bridgehead atoms. The molecule has 2 atom stereocenters. The lowest BCUT2D eigenvalue weighted by Crippen LogP contribution is -2.30. The predicted molar refractivity (Wildman–Crippen MR) is 63.2 cm³/mol. The molecular formula is C11H12ClN3O3. The van der Waals surface area contributed by atoms with E-state index in [2.05, 4.69) is 9.97 Å². The maximum atomic E-state index is 12.1. The predicted octanol–water partition coefficient (Wildman–Crippen LogP) is 0.923. The van der Waals surface area contributed by atoms with Gasteiger partial charge in [-0.3, -0.25) is 9.59 Å². The second kappa shape index (κ2) is 4.89. The van der Waals surface area contributed by atoms with Gasteiger partial charge in [0.05, 0.1) is 18.3 Å². The largest absolute Gasteiger partial charge is 0.481 e. The zero-order valence-corrected chi connectivity index (χ0v) is 10.5. The second-order valence-electron chi connectivity index (χ2n) is 4.36. The number of carbonyl (C=O) groups excluding carboxylic acids is 1. The van der Waals surface area contributed by atoms with Crippen molar-refractivity contribution in [3.63, 3.8) is 0 Å². The molecule has 6 nitrogen and oxygen atoms in total. The first-order chi connectivity index (χ1) is 8.49. The first-order valence-corrected chi connectivity index (χ1v) is 5.86. The third-order valence-electron chi connectivity index (χ3n) is 3.06. The van der Waals surface area contributed by atoms with Gasteiger partial charge in [0.25, 0.3) is 5.91 Å². The van der Waals surface area contributed by atoms with E-state index in [4.69, 9.17) is 16.7 Å². The van der Waals surface area contributed by atoms with Gasteiger partial charge in [0.2, 0.25) is 0 Å². The quantitative estimate of drug-likeness (QED) is 0.863. The Morgan fingerprint density at radius 2 is 2.11 bits per heavy atom. The topological polar surface area (TPSA) is 83.4 Å². The van der Waals surface area contributed by atoms with Gasteiger partial charge in [0.15, 0.2) is 0 Å². The molecule has 1 N–H and O–H groups in total. The van der Waals surface area contributed by atoms with Gasteiger partial charge < -0.3 is 10.0 Å². The number of rotatable bonds is 2. The number of hydrogen-bond donors (Lipinski definition) is 1. The minimum absolute atomic E-state index is 0.0632. The molecule has 2 rings (SSSR count). The molecule has 0 aliphatic carbocycles. The molecule has 0 aromatic carbocycles. The zero-order chi connectivity index (χ0) is 13.3. The summed E-state index contributed by atoms with van der Waals surface area (Å²) >= 11 is 5.59. The number of halogens is 1. The Bertz CT molecular complexity index is 477. The number of amides is 1. The van der Waals surface area contributed by atoms with Crippen molar-refractivity contribution in [2.24, 2.45) is 11.8 Å². The number of hydrogen-bond acceptors (Lipinski definition) is 4. The van der Waals surface area contributed by atoms with Crippen molar-refractivity contribution in [2.45, 2.75) is 6.92 Å². The van der Waals surface area contributed by atoms with Gasteiger partial charge in [-0.2, -0.15) is 0 Å². The van der Waals surface area contributed by atoms with Crippen LogP contribution in [0.5, 0.6) is 0 Å². The minimum atomic E-state index is -0.875. The average molecular weight is 270 g/mol. The molecule has 1 amide bonds. The van der Waals surface area contributed by atoms with Crippen LogP contribution >= 0.6 is 11.6 Å². The molecule has 18 heavy (non-hydrogen) atoms. The standard InChI is InChI=1S/C11H12ClN3O3/c1-6-4-15(5-7(6)11(17)18)10(16)8-2-14-9(12)3-13-8/h2-3,6-7H,4-5H2,1H3,(H,17,18). The number of carboxylic acids is 1. The fourth-order valence-corrected chi connectivity index (χ4v) is 2.14. The number of likely N-dealkylation sites (tertiary alicyclic amines) is 1. The first kappa shape index (κ1) is 12.8. The highest BCUT2D eigenvalue weighted by Crippen LogP contribution is 2.24. The van der Waals surface area contributed by atoms with Crippen LogP contribution in [0, 0.1) is 11.8 Å². The lowest BCUT2D eigenvalue weighted by Gasteiger charge is -2.14. The lowest BCUT2D eigenvalue weighted by molar-refractivity contribution is -0.142. The van der Waals surface area contributed by atoms with Crippen LogP contribution in [0.2, 0.25) is 5.15 Å². The van der Waals surface area contributed by atoms with Crippen molar-refractivity contribution in [3.05, 3.63) is 23.2 Å². The van der Waals surface area contributed by atoms with Crippen LogP contribution in [0.25, 0.3) is 0 Å². The molecule has 0 saturated carbocycles. The van der Waals surface area contributed by atoms with Crippen molar-refractivity contribution >= 4 is 23.5 Å². The van der Waals surface area contributed by atoms with Gasteiger partial charge >= 0.3 is 5.97 Å². The Balaban J connectivity index is 2.12. The first-order valence-electron chi connectivity index (χ1n) is 5.48. The second-order valence-corrected chi connectivity index (χ2v) is 4.74. The molecule has 1 aliphatic rings. The molecule has 96 valence electrons. The normalized spacial score (nSPS) is 23.1. The molecule has 2 heterocycles. The monoisotopic (exact) mass is 269 g/mol. The Hall–Kier alpha value is -1.69. The molecule has 0 radical (unpaired) electrons. The Labute approximate surface area is 109 Å². The molecule has 7 heteroatoms.